The first-order chi connectivity index (χ1) is 13.6. The van der Waals surface area contributed by atoms with Crippen LogP contribution in [-0.2, 0) is 4.79 Å². The second-order valence-corrected chi connectivity index (χ2v) is 7.87. The predicted molar refractivity (Wildman–Crippen MR) is 112 cm³/mol. The van der Waals surface area contributed by atoms with Gasteiger partial charge in [-0.15, -0.1) is 0 Å². The third-order valence-corrected chi connectivity index (χ3v) is 6.11. The Balaban J connectivity index is 1.64. The number of nitrogens with zero attached hydrogens (tertiary/aromatic N) is 3. The Morgan fingerprint density at radius 3 is 2.57 bits per heavy atom. The second kappa shape index (κ2) is 7.92. The number of amides is 1. The standard InChI is InChI=1S/C23H28FN3O/c1-17-8-6-7-13-25(17)18(2)23(28)27-15-14-26(20-9-4-3-5-10-20)22-16-19(24)11-12-21(22)27/h3-5,9-12,16-18H,6-8,13-15H2,1-2H3. The molecule has 0 aromatic heterocycles. The number of hydrogen-bond donors (Lipinski definition) is 0. The van der Waals surface area contributed by atoms with E-state index in [1.807, 2.05) is 42.2 Å². The lowest BCUT2D eigenvalue weighted by atomic mass is 10.0. The molecule has 0 bridgehead atoms. The SMILES string of the molecule is CC1CCCCN1C(C)C(=O)N1CCN(c2ccccc2)c2cc(F)ccc21. The van der Waals surface area contributed by atoms with Crippen molar-refractivity contribution in [2.24, 2.45) is 0 Å². The highest BCUT2D eigenvalue weighted by Crippen LogP contribution is 2.38. The molecule has 2 aromatic rings. The van der Waals surface area contributed by atoms with Crippen LogP contribution >= 0.6 is 0 Å². The third kappa shape index (κ3) is 3.51. The fourth-order valence-electron chi connectivity index (χ4n) is 4.55. The maximum Gasteiger partial charge on any atom is 0.244 e. The van der Waals surface area contributed by atoms with Gasteiger partial charge in [-0.1, -0.05) is 24.6 Å². The molecule has 148 valence electrons. The van der Waals surface area contributed by atoms with E-state index in [4.69, 9.17) is 0 Å². The molecule has 0 aliphatic carbocycles. The number of para-hydroxylation sites is 1. The lowest BCUT2D eigenvalue weighted by Crippen LogP contribution is -2.54. The van der Waals surface area contributed by atoms with Crippen molar-refractivity contribution in [1.82, 2.24) is 4.90 Å². The Hall–Kier alpha value is -2.40. The zero-order chi connectivity index (χ0) is 19.7. The number of likely N-dealkylation sites (tertiary alicyclic amines) is 1. The first kappa shape index (κ1) is 18.9. The van der Waals surface area contributed by atoms with E-state index in [-0.39, 0.29) is 17.8 Å². The summed E-state index contributed by atoms with van der Waals surface area (Å²) in [7, 11) is 0. The summed E-state index contributed by atoms with van der Waals surface area (Å²) >= 11 is 0. The molecule has 5 heteroatoms. The first-order valence-electron chi connectivity index (χ1n) is 10.3. The lowest BCUT2D eigenvalue weighted by Gasteiger charge is -2.42. The van der Waals surface area contributed by atoms with Crippen molar-refractivity contribution in [2.45, 2.75) is 45.2 Å². The topological polar surface area (TPSA) is 26.8 Å². The minimum Gasteiger partial charge on any atom is -0.338 e. The monoisotopic (exact) mass is 381 g/mol. The van der Waals surface area contributed by atoms with E-state index in [1.54, 1.807) is 6.07 Å². The van der Waals surface area contributed by atoms with Crippen LogP contribution in [0.25, 0.3) is 0 Å². The van der Waals surface area contributed by atoms with Gasteiger partial charge < -0.3 is 9.80 Å². The molecule has 2 unspecified atom stereocenters. The van der Waals surface area contributed by atoms with Crippen LogP contribution in [0.5, 0.6) is 0 Å². The highest BCUT2D eigenvalue weighted by molar-refractivity contribution is 6.01. The zero-order valence-electron chi connectivity index (χ0n) is 16.6. The molecule has 2 aliphatic heterocycles. The van der Waals surface area contributed by atoms with E-state index in [9.17, 15) is 9.18 Å². The van der Waals surface area contributed by atoms with Crippen LogP contribution < -0.4 is 9.80 Å². The fraction of sp³-hybridized carbons (Fsp3) is 0.435. The summed E-state index contributed by atoms with van der Waals surface area (Å²) in [5.74, 6) is -0.180. The summed E-state index contributed by atoms with van der Waals surface area (Å²) in [5, 5.41) is 0. The minimum atomic E-state index is -0.285. The Kier molecular flexibility index (Phi) is 5.36. The molecule has 28 heavy (non-hydrogen) atoms. The molecule has 4 nitrogen and oxygen atoms in total. The van der Waals surface area contributed by atoms with E-state index in [2.05, 4.69) is 16.7 Å². The largest absolute Gasteiger partial charge is 0.338 e. The average molecular weight is 381 g/mol. The predicted octanol–water partition coefficient (Wildman–Crippen LogP) is 4.57. The second-order valence-electron chi connectivity index (χ2n) is 7.87. The van der Waals surface area contributed by atoms with Gasteiger partial charge in [-0.3, -0.25) is 9.69 Å². The molecule has 1 fully saturated rings. The summed E-state index contributed by atoms with van der Waals surface area (Å²) in [6, 6.07) is 14.9. The van der Waals surface area contributed by atoms with Crippen molar-refractivity contribution in [1.29, 1.82) is 0 Å². The van der Waals surface area contributed by atoms with Gasteiger partial charge >= 0.3 is 0 Å². The molecule has 2 atom stereocenters. The van der Waals surface area contributed by atoms with Gasteiger partial charge in [0, 0.05) is 24.8 Å². The number of rotatable bonds is 3. The number of halogens is 1. The quantitative estimate of drug-likeness (QED) is 0.779. The van der Waals surface area contributed by atoms with Gasteiger partial charge in [0.15, 0.2) is 0 Å². The van der Waals surface area contributed by atoms with Crippen LogP contribution in [0, 0.1) is 5.82 Å². The van der Waals surface area contributed by atoms with Gasteiger partial charge in [0.05, 0.1) is 17.4 Å². The number of benzene rings is 2. The van der Waals surface area contributed by atoms with E-state index in [0.29, 0.717) is 19.1 Å². The summed E-state index contributed by atoms with van der Waals surface area (Å²) in [5.41, 5.74) is 2.56. The molecule has 0 radical (unpaired) electrons. The maximum absolute atomic E-state index is 14.1. The highest BCUT2D eigenvalue weighted by atomic mass is 19.1. The number of hydrogen-bond acceptors (Lipinski definition) is 3. The molecule has 0 N–H and O–H groups in total. The Morgan fingerprint density at radius 2 is 1.82 bits per heavy atom. The number of carbonyl (C=O) groups is 1. The molecule has 1 amide bonds. The van der Waals surface area contributed by atoms with Crippen LogP contribution in [0.15, 0.2) is 48.5 Å². The summed E-state index contributed by atoms with van der Waals surface area (Å²) in [4.78, 5) is 19.7. The Labute approximate surface area is 166 Å². The van der Waals surface area contributed by atoms with Crippen LogP contribution in [0.4, 0.5) is 21.5 Å². The molecular weight excluding hydrogens is 353 g/mol. The van der Waals surface area contributed by atoms with Gasteiger partial charge in [0.1, 0.15) is 5.82 Å². The molecule has 2 aromatic carbocycles. The zero-order valence-corrected chi connectivity index (χ0v) is 16.6. The van der Waals surface area contributed by atoms with Gasteiger partial charge in [-0.2, -0.15) is 0 Å². The van der Waals surface area contributed by atoms with Crippen molar-refractivity contribution in [3.05, 3.63) is 54.3 Å². The normalized spacial score (nSPS) is 21.3. The smallest absolute Gasteiger partial charge is 0.244 e. The van der Waals surface area contributed by atoms with Crippen molar-refractivity contribution in [3.8, 4) is 0 Å². The minimum absolute atomic E-state index is 0.106. The molecule has 0 spiro atoms. The van der Waals surface area contributed by atoms with Crippen LogP contribution in [0.1, 0.15) is 33.1 Å². The molecule has 2 aliphatic rings. The highest BCUT2D eigenvalue weighted by Gasteiger charge is 2.34. The molecule has 4 rings (SSSR count). The van der Waals surface area contributed by atoms with Crippen LogP contribution in [0.2, 0.25) is 0 Å². The summed E-state index contributed by atoms with van der Waals surface area (Å²) in [6.07, 6.45) is 3.52. The molecule has 0 saturated carbocycles. The van der Waals surface area contributed by atoms with Gasteiger partial charge in [-0.25, -0.2) is 4.39 Å². The van der Waals surface area contributed by atoms with Crippen molar-refractivity contribution >= 4 is 23.0 Å². The molecular formula is C23H28FN3O. The number of piperidine rings is 1. The van der Waals surface area contributed by atoms with Gasteiger partial charge in [0.2, 0.25) is 5.91 Å². The molecule has 1 saturated heterocycles. The first-order valence-corrected chi connectivity index (χ1v) is 10.3. The third-order valence-electron chi connectivity index (χ3n) is 6.11. The van der Waals surface area contributed by atoms with E-state index in [0.717, 1.165) is 36.4 Å². The van der Waals surface area contributed by atoms with E-state index < -0.39 is 0 Å². The van der Waals surface area contributed by atoms with Gasteiger partial charge in [0.25, 0.3) is 0 Å². The average Bonchev–Trinajstić information content (AvgIpc) is 2.73. The van der Waals surface area contributed by atoms with Gasteiger partial charge in [-0.05, 0) is 63.6 Å². The Bertz CT molecular complexity index is 841. The Morgan fingerprint density at radius 1 is 1.04 bits per heavy atom. The van der Waals surface area contributed by atoms with Crippen molar-refractivity contribution < 1.29 is 9.18 Å². The molecule has 2 heterocycles. The van der Waals surface area contributed by atoms with Crippen LogP contribution in [-0.4, -0.2) is 42.5 Å². The van der Waals surface area contributed by atoms with Crippen LogP contribution in [0.3, 0.4) is 0 Å². The van der Waals surface area contributed by atoms with Crippen molar-refractivity contribution in [3.63, 3.8) is 0 Å². The fourth-order valence-corrected chi connectivity index (χ4v) is 4.55. The number of anilines is 3. The van der Waals surface area contributed by atoms with E-state index in [1.165, 1.54) is 18.6 Å². The maximum atomic E-state index is 14.1. The number of fused-ring (bicyclic) bond motifs is 1. The number of carbonyl (C=O) groups excluding carboxylic acids is 1. The van der Waals surface area contributed by atoms with E-state index >= 15 is 0 Å². The van der Waals surface area contributed by atoms with Crippen molar-refractivity contribution in [2.75, 3.05) is 29.4 Å². The summed E-state index contributed by atoms with van der Waals surface area (Å²) in [6.45, 7) is 6.43. The summed E-state index contributed by atoms with van der Waals surface area (Å²) < 4.78 is 14.1. The lowest BCUT2D eigenvalue weighted by molar-refractivity contribution is -0.124.